The first-order valence-corrected chi connectivity index (χ1v) is 6.14. The van der Waals surface area contributed by atoms with Gasteiger partial charge in [-0.2, -0.15) is 0 Å². The topological polar surface area (TPSA) is 97.5 Å². The van der Waals surface area contributed by atoms with Crippen molar-refractivity contribution in [3.05, 3.63) is 18.3 Å². The summed E-state index contributed by atoms with van der Waals surface area (Å²) < 4.78 is 5.04. The van der Waals surface area contributed by atoms with E-state index in [2.05, 4.69) is 10.3 Å². The number of nitrogen functional groups attached to an aromatic ring is 1. The van der Waals surface area contributed by atoms with Gasteiger partial charge in [0.1, 0.15) is 18.0 Å². The predicted molar refractivity (Wildman–Crippen MR) is 76.3 cm³/mol. The summed E-state index contributed by atoms with van der Waals surface area (Å²) in [6, 6.07) is 3.27. The first kappa shape index (κ1) is 15.7. The highest BCUT2D eigenvalue weighted by Crippen LogP contribution is 2.12. The molecule has 0 saturated carbocycles. The van der Waals surface area contributed by atoms with Gasteiger partial charge in [-0.25, -0.2) is 9.78 Å². The number of hydrogen-bond donors (Lipinski definition) is 2. The van der Waals surface area contributed by atoms with Crippen LogP contribution < -0.4 is 16.0 Å². The molecule has 0 aromatic carbocycles. The van der Waals surface area contributed by atoms with E-state index in [-0.39, 0.29) is 12.5 Å². The van der Waals surface area contributed by atoms with Gasteiger partial charge in [0.05, 0.1) is 11.9 Å². The molecule has 1 aromatic rings. The Morgan fingerprint density at radius 3 is 2.55 bits per heavy atom. The number of alkyl carbamates (subject to hydrolysis) is 1. The van der Waals surface area contributed by atoms with Crippen molar-refractivity contribution in [2.45, 2.75) is 26.4 Å². The lowest BCUT2D eigenvalue weighted by atomic mass is 10.2. The molecule has 0 spiro atoms. The van der Waals surface area contributed by atoms with Gasteiger partial charge in [0.25, 0.3) is 0 Å². The number of carbonyl (C=O) groups is 2. The summed E-state index contributed by atoms with van der Waals surface area (Å²) in [6.45, 7) is 5.09. The molecular weight excluding hydrogens is 260 g/mol. The lowest BCUT2D eigenvalue weighted by molar-refractivity contribution is -0.117. The van der Waals surface area contributed by atoms with Crippen LogP contribution in [0.15, 0.2) is 18.3 Å². The fraction of sp³-hybridized carbons (Fsp3) is 0.462. The molecule has 0 aliphatic rings. The Morgan fingerprint density at radius 2 is 2.05 bits per heavy atom. The second-order valence-electron chi connectivity index (χ2n) is 5.25. The van der Waals surface area contributed by atoms with Crippen molar-refractivity contribution in [1.29, 1.82) is 0 Å². The van der Waals surface area contributed by atoms with Crippen molar-refractivity contribution in [2.75, 3.05) is 24.2 Å². The number of carbonyl (C=O) groups excluding carboxylic acids is 2. The molecule has 0 aliphatic heterocycles. The standard InChI is InChI=1S/C13H20N4O3/c1-13(2,3)20-12(19)16-8-11(18)17(4)9-5-6-10(14)15-7-9/h5-7H,8H2,1-4H3,(H2,14,15)(H,16,19). The second-order valence-corrected chi connectivity index (χ2v) is 5.25. The maximum absolute atomic E-state index is 11.9. The van der Waals surface area contributed by atoms with E-state index >= 15 is 0 Å². The number of amides is 2. The molecule has 0 fully saturated rings. The van der Waals surface area contributed by atoms with Gasteiger partial charge < -0.3 is 20.7 Å². The lowest BCUT2D eigenvalue weighted by Gasteiger charge is -2.21. The van der Waals surface area contributed by atoms with E-state index in [1.54, 1.807) is 40.0 Å². The Bertz CT molecular complexity index is 479. The molecule has 3 N–H and O–H groups in total. The van der Waals surface area contributed by atoms with Crippen molar-refractivity contribution in [2.24, 2.45) is 0 Å². The summed E-state index contributed by atoms with van der Waals surface area (Å²) in [7, 11) is 1.59. The van der Waals surface area contributed by atoms with Crippen LogP contribution in [-0.4, -0.2) is 36.2 Å². The minimum atomic E-state index is -0.630. The Labute approximate surface area is 118 Å². The van der Waals surface area contributed by atoms with E-state index in [0.29, 0.717) is 11.5 Å². The van der Waals surface area contributed by atoms with Crippen LogP contribution in [0.4, 0.5) is 16.3 Å². The van der Waals surface area contributed by atoms with Crippen LogP contribution in [0.3, 0.4) is 0 Å². The molecule has 2 amide bonds. The molecule has 0 bridgehead atoms. The third-order valence-electron chi connectivity index (χ3n) is 2.31. The summed E-state index contributed by atoms with van der Waals surface area (Å²) >= 11 is 0. The van der Waals surface area contributed by atoms with Crippen molar-refractivity contribution >= 4 is 23.5 Å². The van der Waals surface area contributed by atoms with Gasteiger partial charge >= 0.3 is 6.09 Å². The van der Waals surface area contributed by atoms with Gasteiger partial charge in [0.2, 0.25) is 5.91 Å². The summed E-state index contributed by atoms with van der Waals surface area (Å²) in [5.74, 6) is 0.0870. The van der Waals surface area contributed by atoms with E-state index in [1.165, 1.54) is 11.1 Å². The van der Waals surface area contributed by atoms with Crippen LogP contribution in [0.5, 0.6) is 0 Å². The SMILES string of the molecule is CN(C(=O)CNC(=O)OC(C)(C)C)c1ccc(N)nc1. The first-order valence-electron chi connectivity index (χ1n) is 6.14. The Kier molecular flexibility index (Phi) is 4.90. The minimum absolute atomic E-state index is 0.157. The van der Waals surface area contributed by atoms with E-state index in [9.17, 15) is 9.59 Å². The fourth-order valence-electron chi connectivity index (χ4n) is 1.32. The molecule has 0 unspecified atom stereocenters. The highest BCUT2D eigenvalue weighted by Gasteiger charge is 2.18. The number of anilines is 2. The van der Waals surface area contributed by atoms with E-state index in [4.69, 9.17) is 10.5 Å². The highest BCUT2D eigenvalue weighted by molar-refractivity contribution is 5.95. The number of nitrogens with zero attached hydrogens (tertiary/aromatic N) is 2. The van der Waals surface area contributed by atoms with Gasteiger partial charge in [-0.05, 0) is 32.9 Å². The third-order valence-corrected chi connectivity index (χ3v) is 2.31. The zero-order chi connectivity index (χ0) is 15.3. The average molecular weight is 280 g/mol. The molecule has 0 saturated heterocycles. The molecule has 1 aromatic heterocycles. The van der Waals surface area contributed by atoms with Crippen LogP contribution in [0.25, 0.3) is 0 Å². The molecule has 110 valence electrons. The van der Waals surface area contributed by atoms with Crippen LogP contribution in [-0.2, 0) is 9.53 Å². The number of nitrogens with one attached hydrogen (secondary N) is 1. The Balaban J connectivity index is 2.50. The molecule has 20 heavy (non-hydrogen) atoms. The molecular formula is C13H20N4O3. The maximum Gasteiger partial charge on any atom is 0.408 e. The molecule has 1 rings (SSSR count). The van der Waals surface area contributed by atoms with E-state index in [1.807, 2.05) is 0 Å². The van der Waals surface area contributed by atoms with Crippen LogP contribution in [0.1, 0.15) is 20.8 Å². The molecule has 7 nitrogen and oxygen atoms in total. The highest BCUT2D eigenvalue weighted by atomic mass is 16.6. The van der Waals surface area contributed by atoms with Crippen LogP contribution >= 0.6 is 0 Å². The van der Waals surface area contributed by atoms with Crippen LogP contribution in [0, 0.1) is 0 Å². The minimum Gasteiger partial charge on any atom is -0.444 e. The summed E-state index contributed by atoms with van der Waals surface area (Å²) in [4.78, 5) is 28.6. The number of rotatable bonds is 3. The maximum atomic E-state index is 11.9. The van der Waals surface area contributed by atoms with Crippen molar-refractivity contribution < 1.29 is 14.3 Å². The van der Waals surface area contributed by atoms with Gasteiger partial charge in [-0.3, -0.25) is 4.79 Å². The quantitative estimate of drug-likeness (QED) is 0.865. The molecule has 0 radical (unpaired) electrons. The fourth-order valence-corrected chi connectivity index (χ4v) is 1.32. The Hall–Kier alpha value is -2.31. The van der Waals surface area contributed by atoms with Crippen LogP contribution in [0.2, 0.25) is 0 Å². The van der Waals surface area contributed by atoms with E-state index in [0.717, 1.165) is 0 Å². The normalized spacial score (nSPS) is 10.8. The summed E-state index contributed by atoms with van der Waals surface area (Å²) in [5, 5.41) is 2.40. The zero-order valence-electron chi connectivity index (χ0n) is 12.1. The first-order chi connectivity index (χ1) is 9.19. The zero-order valence-corrected chi connectivity index (χ0v) is 12.1. The summed E-state index contributed by atoms with van der Waals surface area (Å²) in [5.41, 5.74) is 5.47. The number of hydrogen-bond acceptors (Lipinski definition) is 5. The predicted octanol–water partition coefficient (Wildman–Crippen LogP) is 1.15. The summed E-state index contributed by atoms with van der Waals surface area (Å²) in [6.07, 6.45) is 0.857. The second kappa shape index (κ2) is 6.23. The number of aromatic nitrogens is 1. The lowest BCUT2D eigenvalue weighted by Crippen LogP contribution is -2.40. The number of likely N-dealkylation sites (N-methyl/N-ethyl adjacent to an activating group) is 1. The molecule has 1 heterocycles. The van der Waals surface area contributed by atoms with Crippen molar-refractivity contribution in [1.82, 2.24) is 10.3 Å². The largest absolute Gasteiger partial charge is 0.444 e. The molecule has 7 heteroatoms. The number of ether oxygens (including phenoxy) is 1. The Morgan fingerprint density at radius 1 is 1.40 bits per heavy atom. The van der Waals surface area contributed by atoms with Gasteiger partial charge in [0.15, 0.2) is 0 Å². The van der Waals surface area contributed by atoms with Gasteiger partial charge in [-0.1, -0.05) is 0 Å². The van der Waals surface area contributed by atoms with Crippen molar-refractivity contribution in [3.8, 4) is 0 Å². The van der Waals surface area contributed by atoms with Gasteiger partial charge in [-0.15, -0.1) is 0 Å². The number of nitrogens with two attached hydrogens (primary N) is 1. The molecule has 0 aliphatic carbocycles. The van der Waals surface area contributed by atoms with Crippen molar-refractivity contribution in [3.63, 3.8) is 0 Å². The number of pyridine rings is 1. The average Bonchev–Trinajstić information content (AvgIpc) is 2.34. The van der Waals surface area contributed by atoms with Gasteiger partial charge in [0, 0.05) is 7.05 Å². The smallest absolute Gasteiger partial charge is 0.408 e. The molecule has 0 atom stereocenters. The van der Waals surface area contributed by atoms with E-state index < -0.39 is 11.7 Å². The monoisotopic (exact) mass is 280 g/mol. The third kappa shape index (κ3) is 5.13.